The molecule has 0 N–H and O–H groups in total. The molecule has 1 aliphatic carbocycles. The van der Waals surface area contributed by atoms with Crippen molar-refractivity contribution in [3.63, 3.8) is 0 Å². The van der Waals surface area contributed by atoms with Crippen LogP contribution in [0, 0.1) is 6.92 Å². The average Bonchev–Trinajstić information content (AvgIpc) is 3.10. The number of benzene rings is 1. The maximum atomic E-state index is 12.5. The van der Waals surface area contributed by atoms with E-state index in [-0.39, 0.29) is 17.7 Å². The van der Waals surface area contributed by atoms with Gasteiger partial charge in [0, 0.05) is 57.8 Å². The van der Waals surface area contributed by atoms with Crippen molar-refractivity contribution >= 4 is 6.09 Å². The first-order valence-corrected chi connectivity index (χ1v) is 12.6. The number of hydrogen-bond donors (Lipinski definition) is 0. The fourth-order valence-electron chi connectivity index (χ4n) is 6.02. The largest absolute Gasteiger partial charge is 0.444 e. The van der Waals surface area contributed by atoms with Crippen molar-refractivity contribution in [2.75, 3.05) is 39.8 Å². The number of rotatable bonds is 3. The number of piperidine rings is 1. The van der Waals surface area contributed by atoms with Crippen molar-refractivity contribution < 1.29 is 14.3 Å². The predicted octanol–water partition coefficient (Wildman–Crippen LogP) is 4.40. The number of amides is 1. The third-order valence-corrected chi connectivity index (χ3v) is 7.99. The molecule has 3 aliphatic rings. The zero-order valence-electron chi connectivity index (χ0n) is 21.7. The van der Waals surface area contributed by atoms with E-state index in [9.17, 15) is 4.79 Å². The number of likely N-dealkylation sites (tertiary alicyclic amines) is 1. The molecule has 3 atom stereocenters. The molecule has 2 aliphatic heterocycles. The molecule has 6 nitrogen and oxygen atoms in total. The minimum atomic E-state index is -0.443. The van der Waals surface area contributed by atoms with Gasteiger partial charge in [0.05, 0.1) is 12.1 Å². The highest BCUT2D eigenvalue weighted by Gasteiger charge is 2.44. The van der Waals surface area contributed by atoms with Crippen molar-refractivity contribution in [2.45, 2.75) is 90.1 Å². The van der Waals surface area contributed by atoms with E-state index in [0.717, 1.165) is 52.0 Å². The Bertz CT molecular complexity index is 857. The number of carbonyl (C=O) groups excluding carboxylic acids is 1. The lowest BCUT2D eigenvalue weighted by Gasteiger charge is -2.53. The van der Waals surface area contributed by atoms with E-state index in [1.807, 2.05) is 32.8 Å². The molecular weight excluding hydrogens is 414 g/mol. The van der Waals surface area contributed by atoms with Gasteiger partial charge in [-0.05, 0) is 65.5 Å². The van der Waals surface area contributed by atoms with E-state index in [0.29, 0.717) is 12.1 Å². The van der Waals surface area contributed by atoms with Gasteiger partial charge in [0.25, 0.3) is 0 Å². The molecular formula is C27H43N3O3. The van der Waals surface area contributed by atoms with E-state index in [2.05, 4.69) is 48.8 Å². The number of hydrogen-bond acceptors (Lipinski definition) is 5. The van der Waals surface area contributed by atoms with Crippen LogP contribution >= 0.6 is 0 Å². The molecule has 1 amide bonds. The van der Waals surface area contributed by atoms with E-state index in [4.69, 9.17) is 9.47 Å². The number of aryl methyl sites for hydroxylation is 1. The topological polar surface area (TPSA) is 45.2 Å². The van der Waals surface area contributed by atoms with E-state index in [1.54, 1.807) is 0 Å². The van der Waals surface area contributed by atoms with Crippen LogP contribution in [0.3, 0.4) is 0 Å². The number of nitrogens with zero attached hydrogens (tertiary/aromatic N) is 3. The highest BCUT2D eigenvalue weighted by Crippen LogP contribution is 2.41. The van der Waals surface area contributed by atoms with Crippen LogP contribution in [0.4, 0.5) is 4.79 Å². The predicted molar refractivity (Wildman–Crippen MR) is 132 cm³/mol. The van der Waals surface area contributed by atoms with Crippen molar-refractivity contribution in [1.82, 2.24) is 14.7 Å². The molecule has 184 valence electrons. The van der Waals surface area contributed by atoms with Crippen molar-refractivity contribution in [3.8, 4) is 0 Å². The smallest absolute Gasteiger partial charge is 0.410 e. The fraction of sp³-hybridized carbons (Fsp3) is 0.741. The molecule has 2 heterocycles. The van der Waals surface area contributed by atoms with Gasteiger partial charge in [-0.3, -0.25) is 9.80 Å². The second-order valence-electron chi connectivity index (χ2n) is 11.6. The molecule has 0 bridgehead atoms. The maximum Gasteiger partial charge on any atom is 0.410 e. The first-order valence-electron chi connectivity index (χ1n) is 12.6. The quantitative estimate of drug-likeness (QED) is 0.673. The summed E-state index contributed by atoms with van der Waals surface area (Å²) in [7, 11) is 1.86. The first-order chi connectivity index (χ1) is 15.5. The second-order valence-corrected chi connectivity index (χ2v) is 11.6. The molecule has 0 aromatic heterocycles. The zero-order valence-corrected chi connectivity index (χ0v) is 21.7. The van der Waals surface area contributed by atoms with Crippen molar-refractivity contribution in [2.24, 2.45) is 0 Å². The summed E-state index contributed by atoms with van der Waals surface area (Å²) in [5.74, 6) is 0. The van der Waals surface area contributed by atoms with Gasteiger partial charge in [-0.2, -0.15) is 0 Å². The van der Waals surface area contributed by atoms with Gasteiger partial charge in [-0.15, -0.1) is 0 Å². The molecule has 0 radical (unpaired) electrons. The summed E-state index contributed by atoms with van der Waals surface area (Å²) >= 11 is 0. The molecule has 1 aromatic rings. The lowest BCUT2D eigenvalue weighted by Crippen LogP contribution is -2.63. The second kappa shape index (κ2) is 9.20. The van der Waals surface area contributed by atoms with Gasteiger partial charge in [0.1, 0.15) is 5.60 Å². The number of methoxy groups -OCH3 is 1. The van der Waals surface area contributed by atoms with Crippen molar-refractivity contribution in [3.05, 3.63) is 34.9 Å². The Morgan fingerprint density at radius 1 is 1.12 bits per heavy atom. The molecule has 2 fully saturated rings. The third-order valence-electron chi connectivity index (χ3n) is 7.99. The summed E-state index contributed by atoms with van der Waals surface area (Å²) in [5.41, 5.74) is 3.91. The van der Waals surface area contributed by atoms with E-state index >= 15 is 0 Å². The average molecular weight is 458 g/mol. The van der Waals surface area contributed by atoms with Gasteiger partial charge in [-0.1, -0.05) is 23.8 Å². The summed E-state index contributed by atoms with van der Waals surface area (Å²) < 4.78 is 11.6. The molecule has 0 spiro atoms. The highest BCUT2D eigenvalue weighted by molar-refractivity contribution is 5.68. The Labute approximate surface area is 200 Å². The van der Waals surface area contributed by atoms with E-state index < -0.39 is 5.60 Å². The van der Waals surface area contributed by atoms with Crippen LogP contribution in [-0.2, 0) is 15.9 Å². The minimum absolute atomic E-state index is 0.129. The van der Waals surface area contributed by atoms with Crippen molar-refractivity contribution in [1.29, 1.82) is 0 Å². The Kier molecular flexibility index (Phi) is 6.83. The number of piperazine rings is 1. The lowest BCUT2D eigenvalue weighted by molar-refractivity contribution is -0.0591. The van der Waals surface area contributed by atoms with Crippen LogP contribution < -0.4 is 0 Å². The molecule has 2 saturated heterocycles. The van der Waals surface area contributed by atoms with Crippen LogP contribution in [0.2, 0.25) is 0 Å². The Balaban J connectivity index is 1.39. The minimum Gasteiger partial charge on any atom is -0.444 e. The molecule has 6 heteroatoms. The molecule has 2 unspecified atom stereocenters. The summed E-state index contributed by atoms with van der Waals surface area (Å²) in [6, 6.07) is 7.69. The summed E-state index contributed by atoms with van der Waals surface area (Å²) in [5, 5.41) is 0. The molecule has 1 aromatic carbocycles. The SMILES string of the molecule is COC1Cc2cc(C)ccc2C1N1CCN(C2(C)CCN(C(=O)OC(C)(C)C)CC2)C[C@@H]1C. The third kappa shape index (κ3) is 5.08. The maximum absolute atomic E-state index is 12.5. The molecule has 33 heavy (non-hydrogen) atoms. The van der Waals surface area contributed by atoms with Crippen LogP contribution in [0.25, 0.3) is 0 Å². The normalized spacial score (nSPS) is 28.6. The van der Waals surface area contributed by atoms with Gasteiger partial charge >= 0.3 is 6.09 Å². The molecule has 4 rings (SSSR count). The Morgan fingerprint density at radius 3 is 2.42 bits per heavy atom. The molecule has 0 saturated carbocycles. The van der Waals surface area contributed by atoms with Crippen LogP contribution in [0.5, 0.6) is 0 Å². The fourth-order valence-corrected chi connectivity index (χ4v) is 6.02. The van der Waals surface area contributed by atoms with Crippen LogP contribution in [-0.4, -0.2) is 83.9 Å². The van der Waals surface area contributed by atoms with Gasteiger partial charge in [0.2, 0.25) is 0 Å². The zero-order chi connectivity index (χ0) is 24.0. The van der Waals surface area contributed by atoms with E-state index in [1.165, 1.54) is 16.7 Å². The Hall–Kier alpha value is -1.63. The van der Waals surface area contributed by atoms with Gasteiger partial charge in [-0.25, -0.2) is 4.79 Å². The van der Waals surface area contributed by atoms with Gasteiger partial charge in [0.15, 0.2) is 0 Å². The van der Waals surface area contributed by atoms with Crippen LogP contribution in [0.1, 0.15) is 70.2 Å². The van der Waals surface area contributed by atoms with Gasteiger partial charge < -0.3 is 14.4 Å². The summed E-state index contributed by atoms with van der Waals surface area (Å²) in [6.07, 6.45) is 3.03. The highest BCUT2D eigenvalue weighted by atomic mass is 16.6. The monoisotopic (exact) mass is 457 g/mol. The van der Waals surface area contributed by atoms with Crippen LogP contribution in [0.15, 0.2) is 18.2 Å². The number of carbonyl (C=O) groups is 1. The lowest BCUT2D eigenvalue weighted by atomic mass is 9.86. The first kappa shape index (κ1) is 24.5. The summed E-state index contributed by atoms with van der Waals surface area (Å²) in [4.78, 5) is 19.7. The summed E-state index contributed by atoms with van der Waals surface area (Å²) in [6.45, 7) is 17.4. The number of fused-ring (bicyclic) bond motifs is 1. The number of ether oxygens (including phenoxy) is 2. The standard InChI is InChI=1S/C27H43N3O3/c1-19-8-9-22-21(16-19)17-23(32-7)24(22)30-15-14-29(18-20(30)2)27(6)10-12-28(13-11-27)25(31)33-26(3,4)5/h8-9,16,20,23-24H,10-15,17-18H2,1-7H3/t20-,23?,24?/m0/s1. The Morgan fingerprint density at radius 2 is 1.82 bits per heavy atom.